The van der Waals surface area contributed by atoms with Crippen LogP contribution in [-0.2, 0) is 4.74 Å². The average molecular weight is 254 g/mol. The first-order chi connectivity index (χ1) is 8.68. The summed E-state index contributed by atoms with van der Waals surface area (Å²) in [5.41, 5.74) is 0.0884. The van der Waals surface area contributed by atoms with E-state index in [1.165, 1.54) is 51.5 Å². The number of ether oxygens (including phenoxy) is 1. The maximum atomic E-state index is 5.82. The Bertz CT molecular complexity index is 231. The Morgan fingerprint density at radius 3 is 3.00 bits per heavy atom. The summed E-state index contributed by atoms with van der Waals surface area (Å²) in [6, 6.07) is 1.30. The normalized spacial score (nSPS) is 35.3. The molecule has 2 aliphatic heterocycles. The van der Waals surface area contributed by atoms with Crippen LogP contribution in [0, 0.1) is 0 Å². The molecule has 2 aliphatic rings. The standard InChI is InChI=1S/C15H30N2O/c1-13(11-14-7-4-3-5-9-16-14)17-12-15(2)8-6-10-18-15/h13-14,16-17H,3-12H2,1-2H3. The molecule has 0 aromatic heterocycles. The van der Waals surface area contributed by atoms with Gasteiger partial charge in [-0.3, -0.25) is 0 Å². The SMILES string of the molecule is CC(CC1CCCCCN1)NCC1(C)CCCO1. The van der Waals surface area contributed by atoms with Crippen molar-refractivity contribution in [1.29, 1.82) is 0 Å². The van der Waals surface area contributed by atoms with Gasteiger partial charge >= 0.3 is 0 Å². The van der Waals surface area contributed by atoms with Gasteiger partial charge in [-0.25, -0.2) is 0 Å². The average Bonchev–Trinajstić information content (AvgIpc) is 2.62. The first-order valence-electron chi connectivity index (χ1n) is 7.79. The monoisotopic (exact) mass is 254 g/mol. The molecule has 0 bridgehead atoms. The third-order valence-electron chi connectivity index (χ3n) is 4.43. The number of hydrogen-bond acceptors (Lipinski definition) is 3. The van der Waals surface area contributed by atoms with Gasteiger partial charge in [-0.05, 0) is 52.5 Å². The van der Waals surface area contributed by atoms with E-state index in [9.17, 15) is 0 Å². The zero-order valence-electron chi connectivity index (χ0n) is 12.1. The van der Waals surface area contributed by atoms with Crippen molar-refractivity contribution in [3.05, 3.63) is 0 Å². The first kappa shape index (κ1) is 14.3. The van der Waals surface area contributed by atoms with Crippen molar-refractivity contribution in [3.63, 3.8) is 0 Å². The zero-order chi connectivity index (χ0) is 12.8. The Morgan fingerprint density at radius 1 is 1.33 bits per heavy atom. The summed E-state index contributed by atoms with van der Waals surface area (Å²) >= 11 is 0. The molecule has 2 heterocycles. The first-order valence-corrected chi connectivity index (χ1v) is 7.79. The summed E-state index contributed by atoms with van der Waals surface area (Å²) in [7, 11) is 0. The number of hydrogen-bond donors (Lipinski definition) is 2. The molecule has 106 valence electrons. The molecule has 3 nitrogen and oxygen atoms in total. The quantitative estimate of drug-likeness (QED) is 0.790. The van der Waals surface area contributed by atoms with Crippen LogP contribution in [0.15, 0.2) is 0 Å². The van der Waals surface area contributed by atoms with Crippen LogP contribution >= 0.6 is 0 Å². The van der Waals surface area contributed by atoms with Gasteiger partial charge in [-0.1, -0.05) is 12.8 Å². The third kappa shape index (κ3) is 4.52. The number of nitrogens with one attached hydrogen (secondary N) is 2. The summed E-state index contributed by atoms with van der Waals surface area (Å²) in [5.74, 6) is 0. The van der Waals surface area contributed by atoms with Crippen molar-refractivity contribution in [2.45, 2.75) is 76.5 Å². The minimum Gasteiger partial charge on any atom is -0.374 e. The van der Waals surface area contributed by atoms with Crippen LogP contribution in [0.4, 0.5) is 0 Å². The van der Waals surface area contributed by atoms with Crippen molar-refractivity contribution in [1.82, 2.24) is 10.6 Å². The van der Waals surface area contributed by atoms with Crippen LogP contribution in [0.5, 0.6) is 0 Å². The molecule has 3 unspecified atom stereocenters. The Morgan fingerprint density at radius 2 is 2.22 bits per heavy atom. The summed E-state index contributed by atoms with van der Waals surface area (Å²) in [6.07, 6.45) is 9.16. The highest BCUT2D eigenvalue weighted by Crippen LogP contribution is 2.24. The fourth-order valence-corrected chi connectivity index (χ4v) is 3.18. The van der Waals surface area contributed by atoms with E-state index in [4.69, 9.17) is 4.74 Å². The van der Waals surface area contributed by atoms with Crippen molar-refractivity contribution >= 4 is 0 Å². The maximum absolute atomic E-state index is 5.82. The lowest BCUT2D eigenvalue weighted by Crippen LogP contribution is -2.43. The summed E-state index contributed by atoms with van der Waals surface area (Å²) in [4.78, 5) is 0. The molecular formula is C15H30N2O. The summed E-state index contributed by atoms with van der Waals surface area (Å²) in [5, 5.41) is 7.35. The Kier molecular flexibility index (Phi) is 5.46. The van der Waals surface area contributed by atoms with E-state index < -0.39 is 0 Å². The maximum Gasteiger partial charge on any atom is 0.0779 e. The fraction of sp³-hybridized carbons (Fsp3) is 1.00. The van der Waals surface area contributed by atoms with Crippen LogP contribution in [0.1, 0.15) is 58.8 Å². The molecule has 0 amide bonds. The van der Waals surface area contributed by atoms with Gasteiger partial charge in [-0.15, -0.1) is 0 Å². The fourth-order valence-electron chi connectivity index (χ4n) is 3.18. The minimum absolute atomic E-state index is 0.0884. The molecule has 2 saturated heterocycles. The van der Waals surface area contributed by atoms with Crippen LogP contribution in [-0.4, -0.2) is 37.4 Å². The van der Waals surface area contributed by atoms with E-state index in [2.05, 4.69) is 24.5 Å². The molecular weight excluding hydrogens is 224 g/mol. The highest BCUT2D eigenvalue weighted by Gasteiger charge is 2.29. The summed E-state index contributed by atoms with van der Waals surface area (Å²) < 4.78 is 5.82. The molecule has 2 rings (SSSR count). The van der Waals surface area contributed by atoms with Crippen LogP contribution in [0.25, 0.3) is 0 Å². The second-order valence-corrected chi connectivity index (χ2v) is 6.42. The second-order valence-electron chi connectivity index (χ2n) is 6.42. The van der Waals surface area contributed by atoms with E-state index in [1.807, 2.05) is 0 Å². The third-order valence-corrected chi connectivity index (χ3v) is 4.43. The number of rotatable bonds is 5. The van der Waals surface area contributed by atoms with Crippen molar-refractivity contribution in [3.8, 4) is 0 Å². The molecule has 2 fully saturated rings. The lowest BCUT2D eigenvalue weighted by atomic mass is 10.0. The Balaban J connectivity index is 1.66. The molecule has 3 atom stereocenters. The minimum atomic E-state index is 0.0884. The molecule has 0 aromatic carbocycles. The van der Waals surface area contributed by atoms with Gasteiger partial charge < -0.3 is 15.4 Å². The molecule has 0 saturated carbocycles. The Labute approximate surface area is 112 Å². The van der Waals surface area contributed by atoms with E-state index >= 15 is 0 Å². The lowest BCUT2D eigenvalue weighted by Gasteiger charge is -2.27. The highest BCUT2D eigenvalue weighted by atomic mass is 16.5. The molecule has 2 N–H and O–H groups in total. The molecule has 0 radical (unpaired) electrons. The van der Waals surface area contributed by atoms with Crippen LogP contribution in [0.2, 0.25) is 0 Å². The second kappa shape index (κ2) is 6.88. The van der Waals surface area contributed by atoms with Crippen molar-refractivity contribution in [2.75, 3.05) is 19.7 Å². The largest absolute Gasteiger partial charge is 0.374 e. The van der Waals surface area contributed by atoms with Crippen molar-refractivity contribution < 1.29 is 4.74 Å². The smallest absolute Gasteiger partial charge is 0.0779 e. The molecule has 0 spiro atoms. The zero-order valence-corrected chi connectivity index (χ0v) is 12.1. The van der Waals surface area contributed by atoms with Gasteiger partial charge in [0.15, 0.2) is 0 Å². The van der Waals surface area contributed by atoms with Gasteiger partial charge in [0.2, 0.25) is 0 Å². The molecule has 0 aromatic rings. The Hall–Kier alpha value is -0.120. The predicted octanol–water partition coefficient (Wildman–Crippen LogP) is 2.46. The van der Waals surface area contributed by atoms with E-state index in [-0.39, 0.29) is 5.60 Å². The van der Waals surface area contributed by atoms with Gasteiger partial charge in [0, 0.05) is 25.2 Å². The van der Waals surface area contributed by atoms with Gasteiger partial charge in [-0.2, -0.15) is 0 Å². The highest BCUT2D eigenvalue weighted by molar-refractivity contribution is 4.84. The summed E-state index contributed by atoms with van der Waals surface area (Å²) in [6.45, 7) is 7.70. The van der Waals surface area contributed by atoms with Crippen LogP contribution < -0.4 is 10.6 Å². The van der Waals surface area contributed by atoms with Gasteiger partial charge in [0.1, 0.15) is 0 Å². The van der Waals surface area contributed by atoms with Crippen molar-refractivity contribution in [2.24, 2.45) is 0 Å². The molecule has 0 aliphatic carbocycles. The molecule has 18 heavy (non-hydrogen) atoms. The van der Waals surface area contributed by atoms with E-state index in [1.54, 1.807) is 0 Å². The van der Waals surface area contributed by atoms with Gasteiger partial charge in [0.25, 0.3) is 0 Å². The van der Waals surface area contributed by atoms with E-state index in [0.717, 1.165) is 13.2 Å². The van der Waals surface area contributed by atoms with E-state index in [0.29, 0.717) is 12.1 Å². The van der Waals surface area contributed by atoms with Crippen LogP contribution in [0.3, 0.4) is 0 Å². The predicted molar refractivity (Wildman–Crippen MR) is 75.9 cm³/mol. The lowest BCUT2D eigenvalue weighted by molar-refractivity contribution is 0.0187. The topological polar surface area (TPSA) is 33.3 Å². The van der Waals surface area contributed by atoms with Gasteiger partial charge in [0.05, 0.1) is 5.60 Å². The molecule has 3 heteroatoms.